The van der Waals surface area contributed by atoms with Gasteiger partial charge in [0.2, 0.25) is 5.88 Å². The van der Waals surface area contributed by atoms with E-state index in [2.05, 4.69) is 9.97 Å². The molecule has 5 rings (SSSR count). The van der Waals surface area contributed by atoms with Gasteiger partial charge in [-0.1, -0.05) is 35.9 Å². The molecule has 9 nitrogen and oxygen atoms in total. The molecule has 11 heteroatoms. The first-order valence-electron chi connectivity index (χ1n) is 13.5. The zero-order chi connectivity index (χ0) is 30.8. The summed E-state index contributed by atoms with van der Waals surface area (Å²) in [4.78, 5) is 48.8. The van der Waals surface area contributed by atoms with Gasteiger partial charge in [0.05, 0.1) is 5.56 Å². The number of aryl methyl sites for hydroxylation is 1. The highest BCUT2D eigenvalue weighted by Gasteiger charge is 2.28. The summed E-state index contributed by atoms with van der Waals surface area (Å²) < 4.78 is 35.2. The van der Waals surface area contributed by atoms with Crippen LogP contribution in [0.2, 0.25) is 0 Å². The van der Waals surface area contributed by atoms with Crippen LogP contribution in [0.5, 0.6) is 11.6 Å². The molecule has 1 aliphatic rings. The van der Waals surface area contributed by atoms with E-state index in [0.29, 0.717) is 54.3 Å². The van der Waals surface area contributed by atoms with Crippen LogP contribution in [0.1, 0.15) is 55.2 Å². The van der Waals surface area contributed by atoms with Gasteiger partial charge < -0.3 is 9.64 Å². The molecule has 0 bridgehead atoms. The summed E-state index contributed by atoms with van der Waals surface area (Å²) in [5.74, 6) is 0.0954. The lowest BCUT2D eigenvalue weighted by molar-refractivity contribution is 0.0650. The van der Waals surface area contributed by atoms with E-state index in [4.69, 9.17) is 13.2 Å². The highest BCUT2D eigenvalue weighted by Crippen LogP contribution is 2.24. The van der Waals surface area contributed by atoms with Crippen molar-refractivity contribution in [1.29, 1.82) is 0 Å². The van der Waals surface area contributed by atoms with E-state index in [9.17, 15) is 18.8 Å². The van der Waals surface area contributed by atoms with Gasteiger partial charge >= 0.3 is 11.6 Å². The number of amides is 1. The summed E-state index contributed by atoms with van der Waals surface area (Å²) in [7, 11) is 0. The Balaban J connectivity index is 0.00000135. The van der Waals surface area contributed by atoms with Crippen LogP contribution in [0.25, 0.3) is 0 Å². The first-order valence-corrected chi connectivity index (χ1v) is 14.1. The smallest absolute Gasteiger partial charge is 0.335 e. The van der Waals surface area contributed by atoms with E-state index >= 15 is 0 Å². The fraction of sp³-hybridized carbons (Fsp3) is 0.219. The van der Waals surface area contributed by atoms with Crippen molar-refractivity contribution in [3.8, 4) is 11.6 Å². The number of carbonyl (C=O) groups excluding carboxylic acids is 3. The lowest BCUT2D eigenvalue weighted by atomic mass is 9.88. The number of benzene rings is 2. The predicted octanol–water partition coefficient (Wildman–Crippen LogP) is 5.21. The fourth-order valence-electron chi connectivity index (χ4n) is 4.64. The third kappa shape index (κ3) is 8.55. The molecule has 1 fully saturated rings. The molecular formula is C32H28FN3O6S. The highest BCUT2D eigenvalue weighted by atomic mass is 32.1. The largest absolute Gasteiger partial charge is 0.439 e. The molecule has 2 aromatic heterocycles. The van der Waals surface area contributed by atoms with E-state index in [1.165, 1.54) is 30.5 Å². The molecule has 0 aliphatic carbocycles. The fourth-order valence-corrected chi connectivity index (χ4v) is 4.64. The molecule has 3 heterocycles. The quantitative estimate of drug-likeness (QED) is 0.252. The first kappa shape index (κ1) is 31.0. The molecule has 0 unspecified atom stereocenters. The maximum Gasteiger partial charge on any atom is 0.335 e. The van der Waals surface area contributed by atoms with Crippen LogP contribution in [0, 0.1) is 18.7 Å². The Kier molecular flexibility index (Phi) is 10.7. The number of likely N-dealkylation sites (tertiary alicyclic amines) is 1. The summed E-state index contributed by atoms with van der Waals surface area (Å²) in [6, 6.07) is 19.7. The van der Waals surface area contributed by atoms with E-state index in [-0.39, 0.29) is 41.3 Å². The van der Waals surface area contributed by atoms with Gasteiger partial charge in [-0.3, -0.25) is 19.4 Å². The van der Waals surface area contributed by atoms with Gasteiger partial charge in [-0.15, -0.1) is 0 Å². The molecule has 4 aromatic rings. The molecule has 2 aromatic carbocycles. The van der Waals surface area contributed by atoms with Crippen molar-refractivity contribution in [3.63, 3.8) is 0 Å². The Bertz CT molecular complexity index is 1600. The Hall–Kier alpha value is -4.90. The maximum absolute atomic E-state index is 13.0. The van der Waals surface area contributed by atoms with Crippen LogP contribution < -0.4 is 4.74 Å². The molecule has 220 valence electrons. The average molecular weight is 602 g/mol. The van der Waals surface area contributed by atoms with Crippen LogP contribution in [0.4, 0.5) is 4.39 Å². The third-order valence-electron chi connectivity index (χ3n) is 6.98. The zero-order valence-corrected chi connectivity index (χ0v) is 24.1. The number of ether oxygens (including phenoxy) is 1. The molecule has 1 aliphatic heterocycles. The second kappa shape index (κ2) is 14.8. The number of pyridine rings is 2. The number of halogens is 1. The minimum atomic E-state index is -0.750. The van der Waals surface area contributed by atoms with Crippen molar-refractivity contribution in [3.05, 3.63) is 119 Å². The SMILES string of the molecule is Cc1ccc(C(=O)C2CCN(C(=O)c3ccc(C(=O)Cc4ccc(Oc5ccc(F)cc5)nc4)nc3)CC2)cc1.O=S=O. The summed E-state index contributed by atoms with van der Waals surface area (Å²) in [6.07, 6.45) is 4.29. The van der Waals surface area contributed by atoms with Crippen molar-refractivity contribution < 1.29 is 31.9 Å². The molecule has 43 heavy (non-hydrogen) atoms. The summed E-state index contributed by atoms with van der Waals surface area (Å²) in [5, 5.41) is 0. The third-order valence-corrected chi connectivity index (χ3v) is 6.98. The number of nitrogens with zero attached hydrogens (tertiary/aromatic N) is 3. The monoisotopic (exact) mass is 601 g/mol. The molecule has 0 saturated carbocycles. The predicted molar refractivity (Wildman–Crippen MR) is 156 cm³/mol. The summed E-state index contributed by atoms with van der Waals surface area (Å²) >= 11 is -0.750. The summed E-state index contributed by atoms with van der Waals surface area (Å²) in [5.41, 5.74) is 3.17. The minimum Gasteiger partial charge on any atom is -0.439 e. The second-order valence-electron chi connectivity index (χ2n) is 9.96. The molecule has 1 saturated heterocycles. The highest BCUT2D eigenvalue weighted by molar-refractivity contribution is 7.51. The van der Waals surface area contributed by atoms with Gasteiger partial charge in [0.25, 0.3) is 5.91 Å². The van der Waals surface area contributed by atoms with E-state index in [0.717, 1.165) is 5.56 Å². The Morgan fingerprint density at radius 3 is 2.09 bits per heavy atom. The van der Waals surface area contributed by atoms with Crippen molar-refractivity contribution in [2.45, 2.75) is 26.2 Å². The normalized spacial score (nSPS) is 12.9. The number of piperidine rings is 1. The standard InChI is InChI=1S/C32H28FN3O4.O2S/c1-21-2-5-23(6-3-21)31(38)24-14-16-36(17-15-24)32(39)25-7-12-28(34-20-25)29(37)18-22-4-13-30(35-19-22)40-27-10-8-26(33)9-11-27;1-3-2/h2-13,19-20,24H,14-18H2,1H3;. The van der Waals surface area contributed by atoms with Crippen LogP contribution in [-0.2, 0) is 18.0 Å². The number of Topliss-reactive ketones (excluding diaryl/α,β-unsaturated/α-hetero) is 2. The van der Waals surface area contributed by atoms with E-state index < -0.39 is 11.6 Å². The van der Waals surface area contributed by atoms with Gasteiger partial charge in [0.1, 0.15) is 17.3 Å². The molecule has 0 N–H and O–H groups in total. The van der Waals surface area contributed by atoms with Crippen LogP contribution in [0.15, 0.2) is 85.2 Å². The second-order valence-corrected chi connectivity index (χ2v) is 10.1. The number of rotatable bonds is 8. The molecule has 1 amide bonds. The minimum absolute atomic E-state index is 0.0899. The van der Waals surface area contributed by atoms with Crippen molar-refractivity contribution in [2.24, 2.45) is 5.92 Å². The van der Waals surface area contributed by atoms with Crippen LogP contribution in [-0.4, -0.2) is 53.8 Å². The number of hydrogen-bond acceptors (Lipinski definition) is 8. The molecule has 0 spiro atoms. The van der Waals surface area contributed by atoms with Gasteiger partial charge in [0, 0.05) is 49.5 Å². The number of hydrogen-bond donors (Lipinski definition) is 0. The molecular weight excluding hydrogens is 573 g/mol. The topological polar surface area (TPSA) is 124 Å². The number of aromatic nitrogens is 2. The Labute approximate surface area is 251 Å². The van der Waals surface area contributed by atoms with Crippen molar-refractivity contribution in [1.82, 2.24) is 14.9 Å². The zero-order valence-electron chi connectivity index (χ0n) is 23.3. The van der Waals surface area contributed by atoms with Gasteiger partial charge in [-0.05, 0) is 61.7 Å². The van der Waals surface area contributed by atoms with Crippen molar-refractivity contribution in [2.75, 3.05) is 13.1 Å². The number of ketones is 2. The van der Waals surface area contributed by atoms with E-state index in [1.54, 1.807) is 35.4 Å². The Morgan fingerprint density at radius 2 is 1.51 bits per heavy atom. The molecule has 0 atom stereocenters. The van der Waals surface area contributed by atoms with Gasteiger partial charge in [0.15, 0.2) is 11.6 Å². The molecule has 0 radical (unpaired) electrons. The van der Waals surface area contributed by atoms with Gasteiger partial charge in [-0.2, -0.15) is 8.42 Å². The van der Waals surface area contributed by atoms with Crippen LogP contribution in [0.3, 0.4) is 0 Å². The lowest BCUT2D eigenvalue weighted by Crippen LogP contribution is -2.40. The van der Waals surface area contributed by atoms with Crippen LogP contribution >= 0.6 is 0 Å². The lowest BCUT2D eigenvalue weighted by Gasteiger charge is -2.31. The maximum atomic E-state index is 13.0. The number of carbonyl (C=O) groups is 3. The summed E-state index contributed by atoms with van der Waals surface area (Å²) in [6.45, 7) is 2.98. The average Bonchev–Trinajstić information content (AvgIpc) is 3.03. The van der Waals surface area contributed by atoms with E-state index in [1.807, 2.05) is 31.2 Å². The first-order chi connectivity index (χ1) is 20.8. The Morgan fingerprint density at radius 1 is 0.860 bits per heavy atom. The van der Waals surface area contributed by atoms with Crippen molar-refractivity contribution >= 4 is 29.0 Å². The van der Waals surface area contributed by atoms with Gasteiger partial charge in [-0.25, -0.2) is 9.37 Å².